The molecule has 1 aliphatic heterocycles. The van der Waals surface area contributed by atoms with Crippen molar-refractivity contribution in [1.29, 1.82) is 0 Å². The van der Waals surface area contributed by atoms with E-state index in [1.54, 1.807) is 31.3 Å². The van der Waals surface area contributed by atoms with Crippen molar-refractivity contribution in [3.8, 4) is 0 Å². The molecule has 13 nitrogen and oxygen atoms in total. The molecule has 1 aliphatic rings. The molecule has 14 heteroatoms. The minimum absolute atomic E-state index is 0.0729. The highest BCUT2D eigenvalue weighted by Crippen LogP contribution is 2.24. The lowest BCUT2D eigenvalue weighted by atomic mass is 9.87. The van der Waals surface area contributed by atoms with Gasteiger partial charge >= 0.3 is 5.97 Å². The first-order chi connectivity index (χ1) is 24.2. The van der Waals surface area contributed by atoms with Crippen molar-refractivity contribution in [3.63, 3.8) is 0 Å². The van der Waals surface area contributed by atoms with Crippen LogP contribution in [0.5, 0.6) is 0 Å². The number of carbonyl (C=O) groups is 5. The zero-order chi connectivity index (χ0) is 37.6. The van der Waals surface area contributed by atoms with Crippen LogP contribution in [-0.2, 0) is 36.8 Å². The van der Waals surface area contributed by atoms with E-state index in [0.717, 1.165) is 11.1 Å². The molecule has 1 unspecified atom stereocenters. The van der Waals surface area contributed by atoms with Gasteiger partial charge < -0.3 is 42.7 Å². The molecule has 1 heterocycles. The second-order valence-electron chi connectivity index (χ2n) is 13.8. The summed E-state index contributed by atoms with van der Waals surface area (Å²) in [5, 5.41) is 20.7. The Hall–Kier alpha value is -4.40. The Balaban J connectivity index is 1.80. The highest BCUT2D eigenvalue weighted by molar-refractivity contribution is 5.95. The van der Waals surface area contributed by atoms with E-state index in [9.17, 15) is 29.1 Å². The number of likely N-dealkylation sites (N-methyl/N-ethyl adjacent to an activating group) is 1. The Labute approximate surface area is 299 Å². The van der Waals surface area contributed by atoms with E-state index in [1.807, 2.05) is 36.4 Å². The first-order valence-electron chi connectivity index (χ1n) is 17.5. The van der Waals surface area contributed by atoms with E-state index >= 15 is 4.39 Å². The SMILES string of the molecule is CNC1(C(=O)O)CCN(C(=O)[C@@H](CCCCN)NC(=O)C(CC(C)(C)F)NC(=O)[C@@H](Cc2ccccc2)NC(=O)[C@H](N)Cc2ccccc2)CC1. The molecule has 1 saturated heterocycles. The number of unbranched alkanes of at least 4 members (excludes halogenated alkanes) is 1. The molecule has 51 heavy (non-hydrogen) atoms. The van der Waals surface area contributed by atoms with Gasteiger partial charge in [-0.05, 0) is 77.1 Å². The summed E-state index contributed by atoms with van der Waals surface area (Å²) in [6.45, 7) is 3.24. The summed E-state index contributed by atoms with van der Waals surface area (Å²) in [6.07, 6.45) is 1.57. The summed E-state index contributed by atoms with van der Waals surface area (Å²) >= 11 is 0. The Morgan fingerprint density at radius 2 is 1.33 bits per heavy atom. The van der Waals surface area contributed by atoms with Gasteiger partial charge in [-0.3, -0.25) is 24.0 Å². The number of hydrogen-bond donors (Lipinski definition) is 7. The van der Waals surface area contributed by atoms with Gasteiger partial charge in [-0.2, -0.15) is 0 Å². The second kappa shape index (κ2) is 19.3. The maximum Gasteiger partial charge on any atom is 0.324 e. The van der Waals surface area contributed by atoms with Gasteiger partial charge in [0, 0.05) is 25.9 Å². The lowest BCUT2D eigenvalue weighted by molar-refractivity contribution is -0.149. The molecule has 280 valence electrons. The van der Waals surface area contributed by atoms with Gasteiger partial charge in [-0.25, -0.2) is 4.39 Å². The predicted molar refractivity (Wildman–Crippen MR) is 192 cm³/mol. The number of carbonyl (C=O) groups excluding carboxylic acids is 4. The lowest BCUT2D eigenvalue weighted by Gasteiger charge is -2.40. The Morgan fingerprint density at radius 3 is 1.84 bits per heavy atom. The van der Waals surface area contributed by atoms with Crippen molar-refractivity contribution in [2.75, 3.05) is 26.7 Å². The van der Waals surface area contributed by atoms with Crippen molar-refractivity contribution in [3.05, 3.63) is 71.8 Å². The zero-order valence-corrected chi connectivity index (χ0v) is 29.8. The third-order valence-electron chi connectivity index (χ3n) is 9.25. The second-order valence-corrected chi connectivity index (χ2v) is 13.8. The van der Waals surface area contributed by atoms with E-state index in [0.29, 0.717) is 19.4 Å². The number of aliphatic carboxylic acids is 1. The van der Waals surface area contributed by atoms with Gasteiger partial charge in [-0.1, -0.05) is 60.7 Å². The highest BCUT2D eigenvalue weighted by Gasteiger charge is 2.42. The molecule has 2 aromatic rings. The summed E-state index contributed by atoms with van der Waals surface area (Å²) in [4.78, 5) is 68.1. The summed E-state index contributed by atoms with van der Waals surface area (Å²) in [5.41, 5.74) is 10.4. The molecular weight excluding hydrogens is 657 g/mol. The number of nitrogens with zero attached hydrogens (tertiary/aromatic N) is 1. The fraction of sp³-hybridized carbons (Fsp3) is 0.541. The highest BCUT2D eigenvalue weighted by atomic mass is 19.1. The van der Waals surface area contributed by atoms with Crippen LogP contribution in [0.1, 0.15) is 63.5 Å². The topological polar surface area (TPSA) is 209 Å². The molecule has 9 N–H and O–H groups in total. The molecule has 3 rings (SSSR count). The van der Waals surface area contributed by atoms with E-state index in [-0.39, 0.29) is 45.2 Å². The van der Waals surface area contributed by atoms with Gasteiger partial charge in [0.05, 0.1) is 6.04 Å². The predicted octanol–water partition coefficient (Wildman–Crippen LogP) is 1.19. The van der Waals surface area contributed by atoms with E-state index in [2.05, 4.69) is 21.3 Å². The lowest BCUT2D eigenvalue weighted by Crippen LogP contribution is -2.61. The van der Waals surface area contributed by atoms with Crippen molar-refractivity contribution in [1.82, 2.24) is 26.2 Å². The van der Waals surface area contributed by atoms with Crippen LogP contribution in [0.3, 0.4) is 0 Å². The number of likely N-dealkylation sites (tertiary alicyclic amines) is 1. The number of carboxylic acid groups (broad SMARTS) is 1. The first-order valence-corrected chi connectivity index (χ1v) is 17.5. The van der Waals surface area contributed by atoms with Crippen molar-refractivity contribution in [2.45, 2.75) is 101 Å². The molecule has 0 saturated carbocycles. The van der Waals surface area contributed by atoms with Crippen LogP contribution in [0.25, 0.3) is 0 Å². The first kappa shape index (κ1) is 41.0. The number of alkyl halides is 1. The normalized spacial score (nSPS) is 16.6. The van der Waals surface area contributed by atoms with Gasteiger partial charge in [-0.15, -0.1) is 0 Å². The molecule has 0 radical (unpaired) electrons. The number of nitrogens with one attached hydrogen (secondary N) is 4. The number of piperidine rings is 1. The summed E-state index contributed by atoms with van der Waals surface area (Å²) in [6, 6.07) is 13.6. The Morgan fingerprint density at radius 1 is 0.824 bits per heavy atom. The molecular formula is C37H54FN7O6. The van der Waals surface area contributed by atoms with Crippen LogP contribution in [0.2, 0.25) is 0 Å². The molecule has 0 bridgehead atoms. The van der Waals surface area contributed by atoms with Gasteiger partial charge in [0.1, 0.15) is 29.3 Å². The zero-order valence-electron chi connectivity index (χ0n) is 29.8. The fourth-order valence-electron chi connectivity index (χ4n) is 6.19. The molecule has 4 atom stereocenters. The van der Waals surface area contributed by atoms with Gasteiger partial charge in [0.25, 0.3) is 0 Å². The Bertz CT molecular complexity index is 1450. The number of hydrogen-bond acceptors (Lipinski definition) is 8. The van der Waals surface area contributed by atoms with Crippen LogP contribution >= 0.6 is 0 Å². The summed E-state index contributed by atoms with van der Waals surface area (Å²) < 4.78 is 15.2. The summed E-state index contributed by atoms with van der Waals surface area (Å²) in [5.74, 6) is -3.46. The maximum absolute atomic E-state index is 15.2. The smallest absolute Gasteiger partial charge is 0.324 e. The number of amides is 4. The van der Waals surface area contributed by atoms with E-state index in [4.69, 9.17) is 11.5 Å². The largest absolute Gasteiger partial charge is 0.480 e. The van der Waals surface area contributed by atoms with Crippen LogP contribution in [0.4, 0.5) is 4.39 Å². The summed E-state index contributed by atoms with van der Waals surface area (Å²) in [7, 11) is 1.57. The van der Waals surface area contributed by atoms with E-state index < -0.39 is 71.4 Å². The molecule has 1 fully saturated rings. The minimum Gasteiger partial charge on any atom is -0.480 e. The van der Waals surface area contributed by atoms with E-state index in [1.165, 1.54) is 18.7 Å². The number of rotatable bonds is 19. The van der Waals surface area contributed by atoms with Crippen LogP contribution < -0.4 is 32.7 Å². The third-order valence-corrected chi connectivity index (χ3v) is 9.25. The number of carboxylic acids is 1. The van der Waals surface area contributed by atoms with Crippen LogP contribution in [0, 0.1) is 0 Å². The van der Waals surface area contributed by atoms with Crippen molar-refractivity contribution in [2.24, 2.45) is 11.5 Å². The maximum atomic E-state index is 15.2. The number of nitrogens with two attached hydrogens (primary N) is 2. The molecule has 4 amide bonds. The molecule has 2 aromatic carbocycles. The van der Waals surface area contributed by atoms with Gasteiger partial charge in [0.2, 0.25) is 23.6 Å². The van der Waals surface area contributed by atoms with Crippen LogP contribution in [-0.4, -0.2) is 102 Å². The monoisotopic (exact) mass is 711 g/mol. The average Bonchev–Trinajstić information content (AvgIpc) is 3.10. The van der Waals surface area contributed by atoms with Gasteiger partial charge in [0.15, 0.2) is 0 Å². The third kappa shape index (κ3) is 12.7. The number of halogens is 1. The minimum atomic E-state index is -1.90. The van der Waals surface area contributed by atoms with Crippen molar-refractivity contribution >= 4 is 29.6 Å². The average molecular weight is 712 g/mol. The van der Waals surface area contributed by atoms with Crippen molar-refractivity contribution < 1.29 is 33.5 Å². The quantitative estimate of drug-likeness (QED) is 0.104. The van der Waals surface area contributed by atoms with Crippen LogP contribution in [0.15, 0.2) is 60.7 Å². The molecule has 0 aliphatic carbocycles. The molecule has 0 aromatic heterocycles. The molecule has 0 spiro atoms. The standard InChI is InChI=1S/C37H54FN7O6/c1-36(2,38)24-30(33(48)42-28(16-10-11-19-39)34(49)45-20-17-37(41-3,18-21-45)35(50)51)44-32(47)29(23-26-14-8-5-9-15-26)43-31(46)27(40)22-25-12-6-4-7-13-25/h4-9,12-15,27-30,41H,10-11,16-24,39-40H2,1-3H3,(H,42,48)(H,43,46)(H,44,47)(H,50,51)/t27-,28-,29-,30?/m1/s1. The fourth-order valence-corrected chi connectivity index (χ4v) is 6.19. The number of benzene rings is 2. The Kier molecular flexibility index (Phi) is 15.5.